The van der Waals surface area contributed by atoms with Crippen LogP contribution in [0.1, 0.15) is 28.5 Å². The number of aryl methyl sites for hydroxylation is 1. The molecule has 1 amide bonds. The van der Waals surface area contributed by atoms with Crippen LogP contribution >= 0.6 is 0 Å². The molecule has 9 heteroatoms. The highest BCUT2D eigenvalue weighted by molar-refractivity contribution is 5.92. The predicted octanol–water partition coefficient (Wildman–Crippen LogP) is 1.32. The lowest BCUT2D eigenvalue weighted by Gasteiger charge is -2.45. The Bertz CT molecular complexity index is 1240. The highest BCUT2D eigenvalue weighted by atomic mass is 16.5. The van der Waals surface area contributed by atoms with Crippen LogP contribution in [0.3, 0.4) is 0 Å². The molecule has 0 saturated carbocycles. The van der Waals surface area contributed by atoms with Crippen LogP contribution in [0.2, 0.25) is 0 Å². The molecule has 0 bridgehead atoms. The van der Waals surface area contributed by atoms with Gasteiger partial charge in [0.15, 0.2) is 0 Å². The molecule has 32 heavy (non-hydrogen) atoms. The maximum atomic E-state index is 12.2. The zero-order valence-electron chi connectivity index (χ0n) is 18.2. The Balaban J connectivity index is 1.30. The minimum absolute atomic E-state index is 0.0428. The summed E-state index contributed by atoms with van der Waals surface area (Å²) < 4.78 is 5.91. The van der Waals surface area contributed by atoms with Crippen LogP contribution < -0.4 is 20.5 Å². The summed E-state index contributed by atoms with van der Waals surface area (Å²) >= 11 is 0. The molecule has 0 aliphatic carbocycles. The fourth-order valence-electron chi connectivity index (χ4n) is 4.48. The summed E-state index contributed by atoms with van der Waals surface area (Å²) in [5.74, 6) is 0.296. The molecule has 5 heterocycles. The number of carbonyl (C=O) groups is 1. The Labute approximate surface area is 185 Å². The molecular formula is C23H26N6O3. The quantitative estimate of drug-likeness (QED) is 0.638. The van der Waals surface area contributed by atoms with Gasteiger partial charge in [0, 0.05) is 45.0 Å². The van der Waals surface area contributed by atoms with Crippen molar-refractivity contribution in [3.8, 4) is 5.88 Å². The van der Waals surface area contributed by atoms with Crippen LogP contribution in [-0.4, -0.2) is 65.1 Å². The number of aromatic nitrogens is 3. The first-order valence-corrected chi connectivity index (χ1v) is 10.9. The van der Waals surface area contributed by atoms with Crippen LogP contribution in [0.5, 0.6) is 5.88 Å². The maximum Gasteiger partial charge on any atom is 0.269 e. The molecule has 5 rings (SSSR count). The smallest absolute Gasteiger partial charge is 0.269 e. The molecule has 0 radical (unpaired) electrons. The molecule has 0 spiro atoms. The summed E-state index contributed by atoms with van der Waals surface area (Å²) in [5.41, 5.74) is 4.66. The Morgan fingerprint density at radius 1 is 1.31 bits per heavy atom. The standard InChI is InChI=1S/C23H26N6O3/c1-3-15-9-18-19(26-21(15)30)8-14(10-25-18)11-28-6-7-29-16(12-28)13-32-23-20(29)5-4-17(27-23)22(31)24-2/h4-5,8-10,16H,3,6-7,11-13H2,1-2H3,(H,24,31)(H,26,30)/t16-/m1/s1. The number of nitrogens with one attached hydrogen (secondary N) is 2. The van der Waals surface area contributed by atoms with E-state index in [1.54, 1.807) is 13.1 Å². The average molecular weight is 435 g/mol. The van der Waals surface area contributed by atoms with E-state index in [4.69, 9.17) is 4.74 Å². The van der Waals surface area contributed by atoms with Crippen LogP contribution in [0.4, 0.5) is 5.69 Å². The molecule has 1 atom stereocenters. The first kappa shape index (κ1) is 20.4. The van der Waals surface area contributed by atoms with Crippen molar-refractivity contribution in [2.45, 2.75) is 25.9 Å². The average Bonchev–Trinajstić information content (AvgIpc) is 2.82. The third kappa shape index (κ3) is 3.69. The normalized spacial score (nSPS) is 18.1. The molecule has 1 fully saturated rings. The van der Waals surface area contributed by atoms with E-state index in [1.165, 1.54) is 0 Å². The molecule has 0 unspecified atom stereocenters. The number of H-pyrrole nitrogens is 1. The number of ether oxygens (including phenoxy) is 1. The Kier molecular flexibility index (Phi) is 5.26. The van der Waals surface area contributed by atoms with E-state index in [2.05, 4.69) is 30.1 Å². The minimum Gasteiger partial charge on any atom is -0.474 e. The molecule has 0 aromatic carbocycles. The molecule has 1 saturated heterocycles. The van der Waals surface area contributed by atoms with Gasteiger partial charge in [0.05, 0.1) is 17.1 Å². The van der Waals surface area contributed by atoms with Gasteiger partial charge in [-0.3, -0.25) is 19.5 Å². The fraction of sp³-hybridized carbons (Fsp3) is 0.391. The number of piperazine rings is 1. The van der Waals surface area contributed by atoms with Crippen LogP contribution in [0.15, 0.2) is 35.3 Å². The Hall–Kier alpha value is -3.46. The van der Waals surface area contributed by atoms with Crippen LogP contribution in [0.25, 0.3) is 11.0 Å². The Morgan fingerprint density at radius 3 is 3.00 bits per heavy atom. The molecule has 9 nitrogen and oxygen atoms in total. The molecule has 2 aliphatic rings. The van der Waals surface area contributed by atoms with Crippen molar-refractivity contribution < 1.29 is 9.53 Å². The number of rotatable bonds is 4. The van der Waals surface area contributed by atoms with Crippen molar-refractivity contribution in [1.82, 2.24) is 25.2 Å². The minimum atomic E-state index is -0.223. The van der Waals surface area contributed by atoms with Crippen molar-refractivity contribution in [3.05, 3.63) is 57.6 Å². The Morgan fingerprint density at radius 2 is 2.19 bits per heavy atom. The number of amides is 1. The summed E-state index contributed by atoms with van der Waals surface area (Å²) in [7, 11) is 1.59. The zero-order chi connectivity index (χ0) is 22.2. The number of hydrogen-bond donors (Lipinski definition) is 2. The van der Waals surface area contributed by atoms with Crippen LogP contribution in [-0.2, 0) is 13.0 Å². The van der Waals surface area contributed by atoms with E-state index in [9.17, 15) is 9.59 Å². The van der Waals surface area contributed by atoms with Gasteiger partial charge in [0.1, 0.15) is 18.0 Å². The largest absolute Gasteiger partial charge is 0.474 e. The van der Waals surface area contributed by atoms with Crippen molar-refractivity contribution in [3.63, 3.8) is 0 Å². The molecule has 3 aromatic rings. The van der Waals surface area contributed by atoms with Crippen molar-refractivity contribution in [2.24, 2.45) is 0 Å². The molecule has 3 aromatic heterocycles. The highest BCUT2D eigenvalue weighted by Crippen LogP contribution is 2.34. The van der Waals surface area contributed by atoms with Gasteiger partial charge in [-0.1, -0.05) is 6.92 Å². The first-order valence-electron chi connectivity index (χ1n) is 10.9. The van der Waals surface area contributed by atoms with E-state index < -0.39 is 0 Å². The lowest BCUT2D eigenvalue weighted by atomic mass is 10.1. The second kappa shape index (κ2) is 8.23. The van der Waals surface area contributed by atoms with Crippen molar-refractivity contribution in [2.75, 3.05) is 38.2 Å². The van der Waals surface area contributed by atoms with Gasteiger partial charge in [-0.2, -0.15) is 0 Å². The van der Waals surface area contributed by atoms with Gasteiger partial charge < -0.3 is 19.9 Å². The molecular weight excluding hydrogens is 408 g/mol. The van der Waals surface area contributed by atoms with Gasteiger partial charge >= 0.3 is 0 Å². The molecule has 2 aliphatic heterocycles. The van der Waals surface area contributed by atoms with Crippen molar-refractivity contribution in [1.29, 1.82) is 0 Å². The van der Waals surface area contributed by atoms with E-state index >= 15 is 0 Å². The number of carbonyl (C=O) groups excluding carboxylic acids is 1. The predicted molar refractivity (Wildman–Crippen MR) is 121 cm³/mol. The SMILES string of the molecule is CCc1cc2ncc(CN3CCN4c5ccc(C(=O)NC)nc5OC[C@H]4C3)cc2[nH]c1=O. The van der Waals surface area contributed by atoms with Gasteiger partial charge in [-0.05, 0) is 36.2 Å². The molecule has 166 valence electrons. The first-order chi connectivity index (χ1) is 15.6. The number of aromatic amines is 1. The third-order valence-electron chi connectivity index (χ3n) is 6.20. The fourth-order valence-corrected chi connectivity index (χ4v) is 4.48. The number of nitrogens with zero attached hydrogens (tertiary/aromatic N) is 4. The van der Waals surface area contributed by atoms with Gasteiger partial charge in [0.25, 0.3) is 11.5 Å². The van der Waals surface area contributed by atoms with E-state index in [0.717, 1.165) is 54.0 Å². The summed E-state index contributed by atoms with van der Waals surface area (Å²) in [6.07, 6.45) is 2.58. The summed E-state index contributed by atoms with van der Waals surface area (Å²) in [4.78, 5) is 40.6. The summed E-state index contributed by atoms with van der Waals surface area (Å²) in [5, 5.41) is 2.59. The number of anilines is 1. The van der Waals surface area contributed by atoms with Gasteiger partial charge in [-0.25, -0.2) is 4.98 Å². The van der Waals surface area contributed by atoms with Gasteiger partial charge in [-0.15, -0.1) is 0 Å². The molecule has 2 N–H and O–H groups in total. The third-order valence-corrected chi connectivity index (χ3v) is 6.20. The number of pyridine rings is 3. The number of fused-ring (bicyclic) bond motifs is 4. The maximum absolute atomic E-state index is 12.2. The van der Waals surface area contributed by atoms with Crippen molar-refractivity contribution >= 4 is 22.6 Å². The monoisotopic (exact) mass is 434 g/mol. The zero-order valence-corrected chi connectivity index (χ0v) is 18.2. The summed E-state index contributed by atoms with van der Waals surface area (Å²) in [6.45, 7) is 5.83. The van der Waals surface area contributed by atoms with E-state index in [0.29, 0.717) is 24.6 Å². The number of hydrogen-bond acceptors (Lipinski definition) is 7. The highest BCUT2D eigenvalue weighted by Gasteiger charge is 2.34. The lowest BCUT2D eigenvalue weighted by Crippen LogP contribution is -2.57. The lowest BCUT2D eigenvalue weighted by molar-refractivity contribution is 0.0956. The summed E-state index contributed by atoms with van der Waals surface area (Å²) in [6, 6.07) is 7.76. The second-order valence-electron chi connectivity index (χ2n) is 8.25. The van der Waals surface area contributed by atoms with E-state index in [-0.39, 0.29) is 17.5 Å². The topological polar surface area (TPSA) is 103 Å². The van der Waals surface area contributed by atoms with Crippen LogP contribution in [0, 0.1) is 0 Å². The second-order valence-corrected chi connectivity index (χ2v) is 8.25. The van der Waals surface area contributed by atoms with E-state index in [1.807, 2.05) is 31.3 Å². The van der Waals surface area contributed by atoms with Gasteiger partial charge in [0.2, 0.25) is 5.88 Å².